The number of aromatic nitrogens is 4. The van der Waals surface area contributed by atoms with Crippen LogP contribution in [0.15, 0.2) is 48.1 Å². The predicted molar refractivity (Wildman–Crippen MR) is 98.7 cm³/mol. The lowest BCUT2D eigenvalue weighted by atomic mass is 10.2. The van der Waals surface area contributed by atoms with Crippen molar-refractivity contribution < 1.29 is 4.79 Å². The summed E-state index contributed by atoms with van der Waals surface area (Å²) in [5.74, 6) is -0.346. The first-order chi connectivity index (χ1) is 12.1. The van der Waals surface area contributed by atoms with Crippen LogP contribution in [0.4, 0.5) is 5.13 Å². The SMILES string of the molecule is Cc1nn(-c2ccccc2)c2ncc(C(=O)Nc3nccs3)c(Cl)c12. The molecule has 0 aliphatic rings. The molecule has 1 aromatic carbocycles. The number of fused-ring (bicyclic) bond motifs is 1. The highest BCUT2D eigenvalue weighted by atomic mass is 35.5. The Morgan fingerprint density at radius 3 is 2.76 bits per heavy atom. The molecule has 8 heteroatoms. The summed E-state index contributed by atoms with van der Waals surface area (Å²) >= 11 is 7.85. The number of benzene rings is 1. The monoisotopic (exact) mass is 369 g/mol. The lowest BCUT2D eigenvalue weighted by Crippen LogP contribution is -2.13. The molecule has 0 bridgehead atoms. The van der Waals surface area contributed by atoms with Gasteiger partial charge in [0.05, 0.1) is 27.4 Å². The number of pyridine rings is 1. The van der Waals surface area contributed by atoms with Crippen molar-refractivity contribution in [3.05, 3.63) is 64.4 Å². The number of thiazole rings is 1. The average Bonchev–Trinajstić information content (AvgIpc) is 3.24. The largest absolute Gasteiger partial charge is 0.298 e. The normalized spacial score (nSPS) is 11.0. The van der Waals surface area contributed by atoms with Gasteiger partial charge in [-0.05, 0) is 19.1 Å². The molecule has 4 aromatic rings. The van der Waals surface area contributed by atoms with Gasteiger partial charge in [0.1, 0.15) is 0 Å². The fourth-order valence-electron chi connectivity index (χ4n) is 2.57. The first-order valence-corrected chi connectivity index (χ1v) is 8.71. The number of hydrogen-bond acceptors (Lipinski definition) is 5. The number of nitrogens with zero attached hydrogens (tertiary/aromatic N) is 4. The number of amides is 1. The number of para-hydroxylation sites is 1. The molecular formula is C17H12ClN5OS. The van der Waals surface area contributed by atoms with Crippen molar-refractivity contribution in [3.63, 3.8) is 0 Å². The van der Waals surface area contributed by atoms with Crippen molar-refractivity contribution >= 4 is 45.0 Å². The summed E-state index contributed by atoms with van der Waals surface area (Å²) in [6, 6.07) is 9.66. The van der Waals surface area contributed by atoms with Crippen molar-refractivity contribution in [1.29, 1.82) is 0 Å². The van der Waals surface area contributed by atoms with Gasteiger partial charge in [0.25, 0.3) is 5.91 Å². The van der Waals surface area contributed by atoms with Gasteiger partial charge in [-0.25, -0.2) is 14.6 Å². The summed E-state index contributed by atoms with van der Waals surface area (Å²) in [6.07, 6.45) is 3.09. The number of aryl methyl sites for hydroxylation is 1. The third kappa shape index (κ3) is 2.77. The van der Waals surface area contributed by atoms with E-state index in [4.69, 9.17) is 11.6 Å². The molecule has 1 amide bonds. The van der Waals surface area contributed by atoms with Gasteiger partial charge in [-0.3, -0.25) is 10.1 Å². The molecule has 0 unspecified atom stereocenters. The first kappa shape index (κ1) is 15.7. The zero-order chi connectivity index (χ0) is 17.4. The first-order valence-electron chi connectivity index (χ1n) is 7.45. The summed E-state index contributed by atoms with van der Waals surface area (Å²) in [7, 11) is 0. The Hall–Kier alpha value is -2.77. The van der Waals surface area contributed by atoms with Gasteiger partial charge in [-0.2, -0.15) is 5.10 Å². The van der Waals surface area contributed by atoms with E-state index < -0.39 is 0 Å². The molecule has 0 spiro atoms. The van der Waals surface area contributed by atoms with Gasteiger partial charge in [0, 0.05) is 17.8 Å². The summed E-state index contributed by atoms with van der Waals surface area (Å²) in [5, 5.41) is 10.5. The molecule has 0 saturated carbocycles. The minimum Gasteiger partial charge on any atom is -0.298 e. The Morgan fingerprint density at radius 2 is 2.04 bits per heavy atom. The molecule has 0 saturated heterocycles. The molecule has 0 fully saturated rings. The molecule has 3 aromatic heterocycles. The van der Waals surface area contributed by atoms with E-state index in [0.717, 1.165) is 5.69 Å². The van der Waals surface area contributed by atoms with Crippen LogP contribution in [0.1, 0.15) is 16.1 Å². The second-order valence-corrected chi connectivity index (χ2v) is 6.58. The Kier molecular flexibility index (Phi) is 3.95. The third-order valence-electron chi connectivity index (χ3n) is 3.71. The maximum Gasteiger partial charge on any atom is 0.260 e. The van der Waals surface area contributed by atoms with Crippen LogP contribution in [-0.4, -0.2) is 25.7 Å². The average molecular weight is 370 g/mol. The highest BCUT2D eigenvalue weighted by molar-refractivity contribution is 7.13. The molecule has 1 N–H and O–H groups in total. The van der Waals surface area contributed by atoms with Crippen LogP contribution in [0.2, 0.25) is 5.02 Å². The minimum absolute atomic E-state index is 0.292. The van der Waals surface area contributed by atoms with E-state index in [9.17, 15) is 4.79 Å². The van der Waals surface area contributed by atoms with Crippen LogP contribution in [-0.2, 0) is 0 Å². The van der Waals surface area contributed by atoms with Crippen LogP contribution in [0, 0.1) is 6.92 Å². The molecule has 0 radical (unpaired) electrons. The van der Waals surface area contributed by atoms with E-state index in [1.165, 1.54) is 17.5 Å². The Labute approximate surface area is 152 Å². The molecule has 0 aliphatic heterocycles. The van der Waals surface area contributed by atoms with Gasteiger partial charge in [0.15, 0.2) is 10.8 Å². The fourth-order valence-corrected chi connectivity index (χ4v) is 3.45. The Morgan fingerprint density at radius 1 is 1.24 bits per heavy atom. The highest BCUT2D eigenvalue weighted by Crippen LogP contribution is 2.30. The van der Waals surface area contributed by atoms with Gasteiger partial charge < -0.3 is 0 Å². The predicted octanol–water partition coefficient (Wildman–Crippen LogP) is 4.09. The molecule has 6 nitrogen and oxygen atoms in total. The summed E-state index contributed by atoms with van der Waals surface area (Å²) in [5.41, 5.74) is 2.49. The molecule has 0 atom stereocenters. The molecule has 124 valence electrons. The van der Waals surface area contributed by atoms with Crippen LogP contribution in [0.3, 0.4) is 0 Å². The molecule has 0 aliphatic carbocycles. The van der Waals surface area contributed by atoms with E-state index in [0.29, 0.717) is 32.4 Å². The van der Waals surface area contributed by atoms with Crippen LogP contribution < -0.4 is 5.32 Å². The zero-order valence-corrected chi connectivity index (χ0v) is 14.7. The number of hydrogen-bond donors (Lipinski definition) is 1. The van der Waals surface area contributed by atoms with E-state index in [2.05, 4.69) is 20.4 Å². The number of carbonyl (C=O) groups excluding carboxylic acids is 1. The number of nitrogens with one attached hydrogen (secondary N) is 1. The summed E-state index contributed by atoms with van der Waals surface area (Å²) in [6.45, 7) is 1.85. The van der Waals surface area contributed by atoms with Crippen LogP contribution in [0.25, 0.3) is 16.7 Å². The van der Waals surface area contributed by atoms with Crippen LogP contribution >= 0.6 is 22.9 Å². The topological polar surface area (TPSA) is 72.7 Å². The van der Waals surface area contributed by atoms with E-state index in [1.807, 2.05) is 37.3 Å². The van der Waals surface area contributed by atoms with Crippen molar-refractivity contribution in [3.8, 4) is 5.69 Å². The maximum atomic E-state index is 12.5. The quantitative estimate of drug-likeness (QED) is 0.590. The summed E-state index contributed by atoms with van der Waals surface area (Å²) in [4.78, 5) is 20.9. The highest BCUT2D eigenvalue weighted by Gasteiger charge is 2.20. The minimum atomic E-state index is -0.346. The van der Waals surface area contributed by atoms with Gasteiger partial charge in [-0.1, -0.05) is 29.8 Å². The Balaban J connectivity index is 1.81. The molecule has 3 heterocycles. The number of anilines is 1. The number of halogens is 1. The smallest absolute Gasteiger partial charge is 0.260 e. The Bertz CT molecular complexity index is 1060. The molecular weight excluding hydrogens is 358 g/mol. The van der Waals surface area contributed by atoms with Crippen molar-refractivity contribution in [2.75, 3.05) is 5.32 Å². The van der Waals surface area contributed by atoms with E-state index >= 15 is 0 Å². The van der Waals surface area contributed by atoms with Gasteiger partial charge in [-0.15, -0.1) is 11.3 Å². The second-order valence-electron chi connectivity index (χ2n) is 5.31. The molecule has 25 heavy (non-hydrogen) atoms. The standard InChI is InChI=1S/C17H12ClN5OS/c1-10-13-14(18)12(16(24)21-17-19-7-8-25-17)9-20-15(13)23(22-10)11-5-3-2-4-6-11/h2-9H,1H3,(H,19,21,24). The van der Waals surface area contributed by atoms with E-state index in [1.54, 1.807) is 16.3 Å². The molecule has 4 rings (SSSR count). The van der Waals surface area contributed by atoms with Crippen LogP contribution in [0.5, 0.6) is 0 Å². The maximum absolute atomic E-state index is 12.5. The lowest BCUT2D eigenvalue weighted by Gasteiger charge is -2.06. The number of rotatable bonds is 3. The van der Waals surface area contributed by atoms with E-state index in [-0.39, 0.29) is 5.91 Å². The van der Waals surface area contributed by atoms with Crippen molar-refractivity contribution in [2.45, 2.75) is 6.92 Å². The fraction of sp³-hybridized carbons (Fsp3) is 0.0588. The van der Waals surface area contributed by atoms with Gasteiger partial charge >= 0.3 is 0 Å². The van der Waals surface area contributed by atoms with Gasteiger partial charge in [0.2, 0.25) is 0 Å². The van der Waals surface area contributed by atoms with Crippen molar-refractivity contribution in [2.24, 2.45) is 0 Å². The van der Waals surface area contributed by atoms with Crippen molar-refractivity contribution in [1.82, 2.24) is 19.7 Å². The number of carbonyl (C=O) groups is 1. The summed E-state index contributed by atoms with van der Waals surface area (Å²) < 4.78 is 1.72. The third-order valence-corrected chi connectivity index (χ3v) is 4.79. The second kappa shape index (κ2) is 6.27. The zero-order valence-electron chi connectivity index (χ0n) is 13.1. The lowest BCUT2D eigenvalue weighted by molar-refractivity contribution is 0.102.